The van der Waals surface area contributed by atoms with Gasteiger partial charge in [0, 0.05) is 0 Å². The second-order valence-corrected chi connectivity index (χ2v) is 10.2. The molecule has 14 heteroatoms. The van der Waals surface area contributed by atoms with Crippen LogP contribution in [0.15, 0.2) is 42.1 Å². The Morgan fingerprint density at radius 2 is 1.97 bits per heavy atom. The first-order valence-corrected chi connectivity index (χ1v) is 10.9. The summed E-state index contributed by atoms with van der Waals surface area (Å²) in [7, 11) is 0. The molecule has 0 aromatic heterocycles. The zero-order valence-electron chi connectivity index (χ0n) is 15.4. The number of alkyl halides is 3. The van der Waals surface area contributed by atoms with Gasteiger partial charge in [0.1, 0.15) is 24.1 Å². The fourth-order valence-electron chi connectivity index (χ4n) is 2.77. The second-order valence-electron chi connectivity index (χ2n) is 6.20. The van der Waals surface area contributed by atoms with Crippen molar-refractivity contribution in [2.24, 2.45) is 0 Å². The van der Waals surface area contributed by atoms with Crippen molar-refractivity contribution in [3.63, 3.8) is 0 Å². The van der Waals surface area contributed by atoms with Gasteiger partial charge in [-0.25, -0.2) is 4.79 Å². The summed E-state index contributed by atoms with van der Waals surface area (Å²) in [6.45, 7) is -1.02. The number of carbonyl (C=O) groups excluding carboxylic acids is 3. The Morgan fingerprint density at radius 3 is 2.58 bits per heavy atom. The van der Waals surface area contributed by atoms with E-state index < -0.39 is 62.4 Å². The monoisotopic (exact) mass is 506 g/mol. The predicted molar refractivity (Wildman–Crippen MR) is 111 cm³/mol. The molecule has 1 aromatic carbocycles. The summed E-state index contributed by atoms with van der Waals surface area (Å²) in [4.78, 5) is 40.8. The first-order chi connectivity index (χ1) is 14.6. The van der Waals surface area contributed by atoms with Crippen LogP contribution in [0.25, 0.3) is 5.53 Å². The lowest BCUT2D eigenvalue weighted by Gasteiger charge is -2.45. The number of benzene rings is 1. The molecular weight excluding hydrogens is 495 g/mol. The molecule has 0 bridgehead atoms. The van der Waals surface area contributed by atoms with E-state index in [4.69, 9.17) is 49.8 Å². The smallest absolute Gasteiger partial charge is 0.487 e. The largest absolute Gasteiger partial charge is 0.604 e. The van der Waals surface area contributed by atoms with E-state index in [1.807, 2.05) is 0 Å². The van der Waals surface area contributed by atoms with E-state index in [2.05, 4.69) is 10.1 Å². The molecule has 3 rings (SSSR count). The number of carbonyl (C=O) groups is 3. The van der Waals surface area contributed by atoms with Gasteiger partial charge in [-0.05, 0) is 12.1 Å². The van der Waals surface area contributed by atoms with E-state index in [-0.39, 0.29) is 5.70 Å². The van der Waals surface area contributed by atoms with Crippen molar-refractivity contribution in [1.29, 1.82) is 0 Å². The lowest BCUT2D eigenvalue weighted by atomic mass is 10.1. The number of hydrogen-bond donors (Lipinski definition) is 1. The van der Waals surface area contributed by atoms with Gasteiger partial charge < -0.3 is 24.9 Å². The minimum absolute atomic E-state index is 0.373. The van der Waals surface area contributed by atoms with Crippen LogP contribution in [0.4, 0.5) is 0 Å². The molecular formula is C17H13Cl3N4O6S. The second kappa shape index (κ2) is 9.47. The first-order valence-electron chi connectivity index (χ1n) is 8.51. The molecule has 10 nitrogen and oxygen atoms in total. The van der Waals surface area contributed by atoms with Gasteiger partial charge in [-0.2, -0.15) is 0 Å². The summed E-state index contributed by atoms with van der Waals surface area (Å²) >= 11 is 14.6. The Hall–Kier alpha value is -2.27. The number of para-hydroxylation sites is 1. The summed E-state index contributed by atoms with van der Waals surface area (Å²) in [5, 5.41) is 0.810. The van der Waals surface area contributed by atoms with E-state index in [9.17, 15) is 18.9 Å². The SMILES string of the molecule is [N-]=[N+]=C1C=C(C(=O)OCC(Cl)(Cl)Cl)N2C(=O)C(NC(=O)COc3ccccc3)[C@@H]2[S@@+]1[O-]. The summed E-state index contributed by atoms with van der Waals surface area (Å²) in [5.74, 6) is -2.01. The molecule has 2 amide bonds. The Balaban J connectivity index is 1.70. The number of fused-ring (bicyclic) bond motifs is 1. The number of nitrogens with zero attached hydrogens (tertiary/aromatic N) is 3. The number of halogens is 3. The molecule has 0 radical (unpaired) electrons. The molecule has 0 spiro atoms. The number of amides is 2. The highest BCUT2D eigenvalue weighted by atomic mass is 35.6. The maximum absolute atomic E-state index is 12.6. The van der Waals surface area contributed by atoms with E-state index in [0.717, 1.165) is 11.0 Å². The lowest BCUT2D eigenvalue weighted by Crippen LogP contribution is -2.75. The van der Waals surface area contributed by atoms with Gasteiger partial charge in [-0.3, -0.25) is 14.5 Å². The third-order valence-electron chi connectivity index (χ3n) is 4.09. The molecule has 1 aromatic rings. The van der Waals surface area contributed by atoms with Crippen molar-refractivity contribution in [3.8, 4) is 5.75 Å². The predicted octanol–water partition coefficient (Wildman–Crippen LogP) is 0.906. The van der Waals surface area contributed by atoms with Crippen LogP contribution in [0.2, 0.25) is 0 Å². The van der Waals surface area contributed by atoms with E-state index in [1.165, 1.54) is 0 Å². The van der Waals surface area contributed by atoms with Crippen LogP contribution < -0.4 is 10.1 Å². The number of nitrogens with one attached hydrogen (secondary N) is 1. The van der Waals surface area contributed by atoms with Crippen LogP contribution in [0.3, 0.4) is 0 Å². The highest BCUT2D eigenvalue weighted by molar-refractivity contribution is 8.07. The van der Waals surface area contributed by atoms with E-state index in [1.54, 1.807) is 30.3 Å². The van der Waals surface area contributed by atoms with Gasteiger partial charge in [0.25, 0.3) is 11.8 Å². The van der Waals surface area contributed by atoms with Gasteiger partial charge in [0.05, 0.1) is 11.2 Å². The van der Waals surface area contributed by atoms with Crippen LogP contribution in [0.1, 0.15) is 0 Å². The average molecular weight is 508 g/mol. The maximum Gasteiger partial charge on any atom is 0.487 e. The van der Waals surface area contributed by atoms with Crippen LogP contribution in [0.5, 0.6) is 5.75 Å². The number of hydrogen-bond acceptors (Lipinski definition) is 6. The van der Waals surface area contributed by atoms with Crippen molar-refractivity contribution >= 4 is 68.8 Å². The fourth-order valence-corrected chi connectivity index (χ4v) is 4.33. The Morgan fingerprint density at radius 1 is 1.29 bits per heavy atom. The molecule has 2 aliphatic rings. The minimum Gasteiger partial charge on any atom is -0.604 e. The standard InChI is InChI=1S/C17H13Cl3N4O6S/c18-17(19,20)8-30-16(27)10-6-12(23-21)31(28)15-13(14(26)24(10)15)22-11(25)7-29-9-4-2-1-3-5-9/h1-6,13,15H,7-8H2,(H,22,25)/t13?,15-,31-/m0/s1. The summed E-state index contributed by atoms with van der Waals surface area (Å²) < 4.78 is 20.9. The number of ether oxygens (including phenoxy) is 2. The molecule has 1 unspecified atom stereocenters. The molecule has 1 fully saturated rings. The van der Waals surface area contributed by atoms with Crippen LogP contribution in [-0.4, -0.2) is 65.5 Å². The molecule has 31 heavy (non-hydrogen) atoms. The third kappa shape index (κ3) is 5.32. The van der Waals surface area contributed by atoms with Gasteiger partial charge in [-0.15, -0.1) is 4.79 Å². The van der Waals surface area contributed by atoms with Gasteiger partial charge >= 0.3 is 11.0 Å². The van der Waals surface area contributed by atoms with E-state index in [0.29, 0.717) is 5.75 Å². The van der Waals surface area contributed by atoms with E-state index >= 15 is 0 Å². The molecule has 1 N–H and O–H groups in total. The topological polar surface area (TPSA) is 144 Å². The van der Waals surface area contributed by atoms with Crippen LogP contribution in [0, 0.1) is 0 Å². The number of esters is 1. The highest BCUT2D eigenvalue weighted by Gasteiger charge is 2.64. The minimum atomic E-state index is -2.04. The molecule has 0 saturated carbocycles. The quantitative estimate of drug-likeness (QED) is 0.151. The lowest BCUT2D eigenvalue weighted by molar-refractivity contribution is -0.153. The number of rotatable bonds is 6. The number of β-lactam (4-membered cyclic amide) rings is 1. The van der Waals surface area contributed by atoms with Crippen molar-refractivity contribution in [2.75, 3.05) is 13.2 Å². The Bertz CT molecular complexity index is 980. The van der Waals surface area contributed by atoms with Crippen LogP contribution in [-0.2, 0) is 30.3 Å². The van der Waals surface area contributed by atoms with Gasteiger partial charge in [-0.1, -0.05) is 53.0 Å². The zero-order chi connectivity index (χ0) is 22.8. The van der Waals surface area contributed by atoms with Gasteiger partial charge in [0.15, 0.2) is 12.6 Å². The van der Waals surface area contributed by atoms with Crippen molar-refractivity contribution in [2.45, 2.75) is 15.2 Å². The van der Waals surface area contributed by atoms with Crippen LogP contribution >= 0.6 is 34.8 Å². The summed E-state index contributed by atoms with van der Waals surface area (Å²) in [5.41, 5.74) is 8.74. The molecule has 2 aliphatic heterocycles. The summed E-state index contributed by atoms with van der Waals surface area (Å²) in [6, 6.07) is 7.26. The Labute approximate surface area is 193 Å². The zero-order valence-corrected chi connectivity index (χ0v) is 18.5. The molecule has 2 heterocycles. The molecule has 0 aliphatic carbocycles. The normalized spacial score (nSPS) is 22.5. The fraction of sp³-hybridized carbons (Fsp3) is 0.294. The van der Waals surface area contributed by atoms with Crippen molar-refractivity contribution in [1.82, 2.24) is 10.2 Å². The molecule has 3 atom stereocenters. The average Bonchev–Trinajstić information content (AvgIpc) is 2.74. The Kier molecular flexibility index (Phi) is 7.15. The molecule has 1 saturated heterocycles. The maximum atomic E-state index is 12.6. The van der Waals surface area contributed by atoms with Crippen molar-refractivity contribution < 1.29 is 33.2 Å². The molecule has 164 valence electrons. The first kappa shape index (κ1) is 23.4. The highest BCUT2D eigenvalue weighted by Crippen LogP contribution is 2.35. The summed E-state index contributed by atoms with van der Waals surface area (Å²) in [6.07, 6.45) is 0.918. The van der Waals surface area contributed by atoms with Crippen molar-refractivity contribution in [3.05, 3.63) is 47.6 Å². The van der Waals surface area contributed by atoms with Gasteiger partial charge in [0.2, 0.25) is 9.17 Å². The third-order valence-corrected chi connectivity index (χ3v) is 5.95.